The summed E-state index contributed by atoms with van der Waals surface area (Å²) in [6.45, 7) is 0. The lowest BCUT2D eigenvalue weighted by Gasteiger charge is -2.10. The number of nitrogens with zero attached hydrogens (tertiary/aromatic N) is 1. The lowest BCUT2D eigenvalue weighted by molar-refractivity contribution is 0.0977. The molecule has 30 heavy (non-hydrogen) atoms. The monoisotopic (exact) mass is 503 g/mol. The third-order valence-electron chi connectivity index (χ3n) is 4.15. The van der Waals surface area contributed by atoms with Gasteiger partial charge in [0.15, 0.2) is 10.7 Å². The fourth-order valence-electron chi connectivity index (χ4n) is 2.76. The highest BCUT2D eigenvalue weighted by atomic mass is 79.9. The van der Waals surface area contributed by atoms with Gasteiger partial charge in [0.2, 0.25) is 5.89 Å². The molecule has 2 N–H and O–H groups in total. The van der Waals surface area contributed by atoms with Gasteiger partial charge >= 0.3 is 0 Å². The summed E-state index contributed by atoms with van der Waals surface area (Å²) in [6, 6.07) is 16.2. The minimum atomic E-state index is -0.440. The number of nitrogens with one attached hydrogen (secondary N) is 2. The molecule has 4 aromatic rings. The first-order valence-electron chi connectivity index (χ1n) is 8.63. The quantitative estimate of drug-likeness (QED) is 0.326. The van der Waals surface area contributed by atoms with Crippen molar-refractivity contribution in [1.29, 1.82) is 0 Å². The van der Waals surface area contributed by atoms with Crippen molar-refractivity contribution in [2.45, 2.75) is 0 Å². The van der Waals surface area contributed by atoms with E-state index in [1.165, 1.54) is 18.2 Å². The normalized spacial score (nSPS) is 10.8. The number of hydrogen-bond donors (Lipinski definition) is 2. The standard InChI is InChI=1S/C21H12BrClFN3O2S/c22-15-4-2-1-3-13(15)19(28)27-21(30)25-12-6-8-18-17(10-12)26-20(29-18)14-7-5-11(24)9-16(14)23/h1-10H,(H2,25,27,28,30). The Morgan fingerprint density at radius 1 is 1.13 bits per heavy atom. The predicted molar refractivity (Wildman–Crippen MR) is 122 cm³/mol. The van der Waals surface area contributed by atoms with Gasteiger partial charge in [0.1, 0.15) is 11.3 Å². The minimum Gasteiger partial charge on any atom is -0.436 e. The Kier molecular flexibility index (Phi) is 5.80. The summed E-state index contributed by atoms with van der Waals surface area (Å²) >= 11 is 14.7. The molecule has 4 rings (SSSR count). The number of carbonyl (C=O) groups excluding carboxylic acids is 1. The molecular weight excluding hydrogens is 493 g/mol. The Bertz CT molecular complexity index is 1290. The second kappa shape index (κ2) is 8.51. The number of thiocarbonyl (C=S) groups is 1. The van der Waals surface area contributed by atoms with Crippen LogP contribution in [0.1, 0.15) is 10.4 Å². The summed E-state index contributed by atoms with van der Waals surface area (Å²) in [5.74, 6) is -0.503. The number of anilines is 1. The smallest absolute Gasteiger partial charge is 0.258 e. The number of oxazole rings is 1. The van der Waals surface area contributed by atoms with Gasteiger partial charge in [-0.25, -0.2) is 9.37 Å². The molecule has 1 amide bonds. The van der Waals surface area contributed by atoms with Crippen LogP contribution in [-0.2, 0) is 0 Å². The van der Waals surface area contributed by atoms with E-state index in [-0.39, 0.29) is 21.9 Å². The number of amides is 1. The number of fused-ring (bicyclic) bond motifs is 1. The molecule has 150 valence electrons. The van der Waals surface area contributed by atoms with Gasteiger partial charge < -0.3 is 9.73 Å². The van der Waals surface area contributed by atoms with Crippen molar-refractivity contribution in [2.24, 2.45) is 0 Å². The number of carbonyl (C=O) groups is 1. The van der Waals surface area contributed by atoms with Crippen LogP contribution in [-0.4, -0.2) is 16.0 Å². The van der Waals surface area contributed by atoms with Crippen molar-refractivity contribution < 1.29 is 13.6 Å². The molecule has 9 heteroatoms. The van der Waals surface area contributed by atoms with Crippen LogP contribution < -0.4 is 10.6 Å². The van der Waals surface area contributed by atoms with Crippen molar-refractivity contribution in [1.82, 2.24) is 10.3 Å². The van der Waals surface area contributed by atoms with Gasteiger partial charge in [-0.15, -0.1) is 0 Å². The van der Waals surface area contributed by atoms with Crippen LogP contribution >= 0.6 is 39.7 Å². The van der Waals surface area contributed by atoms with Crippen LogP contribution in [0.5, 0.6) is 0 Å². The van der Waals surface area contributed by atoms with Gasteiger partial charge in [-0.05, 0) is 76.7 Å². The molecule has 3 aromatic carbocycles. The van der Waals surface area contributed by atoms with E-state index in [0.717, 1.165) is 0 Å². The minimum absolute atomic E-state index is 0.139. The maximum absolute atomic E-state index is 13.3. The summed E-state index contributed by atoms with van der Waals surface area (Å²) in [5, 5.41) is 5.92. The van der Waals surface area contributed by atoms with E-state index in [1.807, 2.05) is 6.07 Å². The summed E-state index contributed by atoms with van der Waals surface area (Å²) in [6.07, 6.45) is 0. The van der Waals surface area contributed by atoms with Gasteiger partial charge in [-0.3, -0.25) is 10.1 Å². The highest BCUT2D eigenvalue weighted by Gasteiger charge is 2.14. The summed E-state index contributed by atoms with van der Waals surface area (Å²) in [4.78, 5) is 16.8. The van der Waals surface area contributed by atoms with E-state index < -0.39 is 5.82 Å². The van der Waals surface area contributed by atoms with Crippen molar-refractivity contribution in [3.63, 3.8) is 0 Å². The molecule has 5 nitrogen and oxygen atoms in total. The molecule has 0 aliphatic carbocycles. The Hall–Kier alpha value is -2.81. The highest BCUT2D eigenvalue weighted by Crippen LogP contribution is 2.31. The van der Waals surface area contributed by atoms with Gasteiger partial charge in [-0.1, -0.05) is 23.7 Å². The first-order chi connectivity index (χ1) is 14.4. The van der Waals surface area contributed by atoms with E-state index in [2.05, 4.69) is 31.5 Å². The average Bonchev–Trinajstić information content (AvgIpc) is 3.11. The molecule has 0 aliphatic rings. The van der Waals surface area contributed by atoms with Crippen LogP contribution in [0.15, 0.2) is 69.6 Å². The number of benzene rings is 3. The van der Waals surface area contributed by atoms with Crippen LogP contribution in [0.3, 0.4) is 0 Å². The first kappa shape index (κ1) is 20.5. The first-order valence-corrected chi connectivity index (χ1v) is 10.2. The van der Waals surface area contributed by atoms with E-state index in [0.29, 0.717) is 32.4 Å². The molecule has 0 atom stereocenters. The zero-order valence-corrected chi connectivity index (χ0v) is 18.2. The van der Waals surface area contributed by atoms with Crippen LogP contribution in [0, 0.1) is 5.82 Å². The van der Waals surface area contributed by atoms with Crippen molar-refractivity contribution in [3.05, 3.63) is 81.5 Å². The molecule has 1 heterocycles. The number of halogens is 3. The Morgan fingerprint density at radius 3 is 2.70 bits per heavy atom. The largest absolute Gasteiger partial charge is 0.436 e. The van der Waals surface area contributed by atoms with E-state index in [9.17, 15) is 9.18 Å². The summed E-state index contributed by atoms with van der Waals surface area (Å²) < 4.78 is 19.7. The van der Waals surface area contributed by atoms with Crippen LogP contribution in [0.25, 0.3) is 22.6 Å². The molecule has 0 radical (unpaired) electrons. The molecule has 0 saturated heterocycles. The summed E-state index contributed by atoms with van der Waals surface area (Å²) in [7, 11) is 0. The molecule has 1 aromatic heterocycles. The number of rotatable bonds is 3. The lowest BCUT2D eigenvalue weighted by atomic mass is 10.2. The molecule has 0 unspecified atom stereocenters. The third-order valence-corrected chi connectivity index (χ3v) is 5.36. The fraction of sp³-hybridized carbons (Fsp3) is 0. The molecule has 0 fully saturated rings. The van der Waals surface area contributed by atoms with E-state index in [4.69, 9.17) is 28.2 Å². The lowest BCUT2D eigenvalue weighted by Crippen LogP contribution is -2.34. The Morgan fingerprint density at radius 2 is 1.93 bits per heavy atom. The fourth-order valence-corrected chi connectivity index (χ4v) is 3.68. The van der Waals surface area contributed by atoms with E-state index in [1.54, 1.807) is 36.4 Å². The van der Waals surface area contributed by atoms with Crippen molar-refractivity contribution >= 4 is 67.6 Å². The topological polar surface area (TPSA) is 67.2 Å². The molecular formula is C21H12BrClFN3O2S. The van der Waals surface area contributed by atoms with E-state index >= 15 is 0 Å². The third kappa shape index (κ3) is 4.35. The van der Waals surface area contributed by atoms with Gasteiger partial charge in [0, 0.05) is 10.2 Å². The molecule has 0 bridgehead atoms. The number of aromatic nitrogens is 1. The number of hydrogen-bond acceptors (Lipinski definition) is 4. The predicted octanol–water partition coefficient (Wildman–Crippen LogP) is 6.18. The Labute approximate surface area is 189 Å². The maximum Gasteiger partial charge on any atom is 0.258 e. The molecule has 0 spiro atoms. The second-order valence-corrected chi connectivity index (χ2v) is 7.88. The van der Waals surface area contributed by atoms with Gasteiger partial charge in [0.25, 0.3) is 5.91 Å². The molecule has 0 aliphatic heterocycles. The SMILES string of the molecule is O=C(NC(=S)Nc1ccc2oc(-c3ccc(F)cc3Cl)nc2c1)c1ccccc1Br. The maximum atomic E-state index is 13.3. The second-order valence-electron chi connectivity index (χ2n) is 6.21. The highest BCUT2D eigenvalue weighted by molar-refractivity contribution is 9.10. The van der Waals surface area contributed by atoms with Gasteiger partial charge in [0.05, 0.1) is 16.1 Å². The van der Waals surface area contributed by atoms with Crippen molar-refractivity contribution in [3.8, 4) is 11.5 Å². The Balaban J connectivity index is 1.52. The average molecular weight is 505 g/mol. The zero-order chi connectivity index (χ0) is 21.3. The van der Waals surface area contributed by atoms with Crippen LogP contribution in [0.2, 0.25) is 5.02 Å². The zero-order valence-electron chi connectivity index (χ0n) is 15.1. The van der Waals surface area contributed by atoms with Crippen LogP contribution in [0.4, 0.5) is 10.1 Å². The molecule has 0 saturated carbocycles. The van der Waals surface area contributed by atoms with Crippen molar-refractivity contribution in [2.75, 3.05) is 5.32 Å². The summed E-state index contributed by atoms with van der Waals surface area (Å²) in [5.41, 5.74) is 2.65. The van der Waals surface area contributed by atoms with Gasteiger partial charge in [-0.2, -0.15) is 0 Å².